The molecular weight excluding hydrogens is 420 g/mol. The summed E-state index contributed by atoms with van der Waals surface area (Å²) in [5, 5.41) is 2.86. The number of rotatable bonds is 7. The number of fused-ring (bicyclic) bond motifs is 1. The van der Waals surface area contributed by atoms with Crippen LogP contribution in [0.3, 0.4) is 0 Å². The quantitative estimate of drug-likeness (QED) is 0.700. The SMILES string of the molecule is COc1cc(S(=O)(=O)N2CCc3ccccc3C2C(=O)NC(C)C)cc(OC)c1OC. The van der Waals surface area contributed by atoms with Gasteiger partial charge in [-0.15, -0.1) is 0 Å². The number of nitrogens with one attached hydrogen (secondary N) is 1. The Hall–Kier alpha value is -2.78. The Balaban J connectivity index is 2.14. The van der Waals surface area contributed by atoms with Gasteiger partial charge in [-0.3, -0.25) is 4.79 Å². The third-order valence-electron chi connectivity index (χ3n) is 5.16. The first kappa shape index (κ1) is 22.9. The number of carbonyl (C=O) groups is 1. The van der Waals surface area contributed by atoms with Crippen LogP contribution in [0.4, 0.5) is 0 Å². The molecule has 168 valence electrons. The summed E-state index contributed by atoms with van der Waals surface area (Å²) in [4.78, 5) is 13.1. The predicted octanol–water partition coefficient (Wildman–Crippen LogP) is 2.53. The van der Waals surface area contributed by atoms with Gasteiger partial charge in [-0.1, -0.05) is 24.3 Å². The smallest absolute Gasteiger partial charge is 0.244 e. The van der Waals surface area contributed by atoms with E-state index in [0.29, 0.717) is 17.7 Å². The van der Waals surface area contributed by atoms with Crippen molar-refractivity contribution >= 4 is 15.9 Å². The van der Waals surface area contributed by atoms with E-state index in [1.807, 2.05) is 32.0 Å². The second-order valence-corrected chi connectivity index (χ2v) is 9.38. The first-order valence-corrected chi connectivity index (χ1v) is 11.4. The molecule has 1 aliphatic heterocycles. The number of nitrogens with zero attached hydrogens (tertiary/aromatic N) is 1. The summed E-state index contributed by atoms with van der Waals surface area (Å²) in [7, 11) is 0.220. The molecule has 1 atom stereocenters. The maximum absolute atomic E-state index is 13.7. The van der Waals surface area contributed by atoms with E-state index >= 15 is 0 Å². The maximum atomic E-state index is 13.7. The second-order valence-electron chi connectivity index (χ2n) is 7.49. The molecule has 1 unspecified atom stereocenters. The van der Waals surface area contributed by atoms with Crippen molar-refractivity contribution in [2.75, 3.05) is 27.9 Å². The Morgan fingerprint density at radius 2 is 1.68 bits per heavy atom. The third kappa shape index (κ3) is 4.33. The molecule has 0 bridgehead atoms. The normalized spacial score (nSPS) is 16.5. The summed E-state index contributed by atoms with van der Waals surface area (Å²) in [6.07, 6.45) is 0.505. The van der Waals surface area contributed by atoms with Crippen LogP contribution in [0.15, 0.2) is 41.3 Å². The highest BCUT2D eigenvalue weighted by atomic mass is 32.2. The fourth-order valence-corrected chi connectivity index (χ4v) is 5.38. The van der Waals surface area contributed by atoms with Gasteiger partial charge >= 0.3 is 0 Å². The highest BCUT2D eigenvalue weighted by molar-refractivity contribution is 7.89. The van der Waals surface area contributed by atoms with Crippen molar-refractivity contribution in [1.29, 1.82) is 0 Å². The van der Waals surface area contributed by atoms with E-state index in [0.717, 1.165) is 5.56 Å². The maximum Gasteiger partial charge on any atom is 0.244 e. The second kappa shape index (κ2) is 9.15. The largest absolute Gasteiger partial charge is 0.493 e. The molecule has 2 aromatic rings. The predicted molar refractivity (Wildman–Crippen MR) is 116 cm³/mol. The van der Waals surface area contributed by atoms with Gasteiger partial charge in [0, 0.05) is 24.7 Å². The zero-order valence-electron chi connectivity index (χ0n) is 18.3. The highest BCUT2D eigenvalue weighted by Crippen LogP contribution is 2.42. The van der Waals surface area contributed by atoms with E-state index in [2.05, 4.69) is 5.32 Å². The Labute approximate surface area is 183 Å². The average molecular weight is 449 g/mol. The fourth-order valence-electron chi connectivity index (χ4n) is 3.78. The number of sulfonamides is 1. The summed E-state index contributed by atoms with van der Waals surface area (Å²) >= 11 is 0. The summed E-state index contributed by atoms with van der Waals surface area (Å²) in [6.45, 7) is 3.85. The molecule has 1 N–H and O–H groups in total. The first-order valence-electron chi connectivity index (χ1n) is 9.94. The Bertz CT molecular complexity index is 1040. The summed E-state index contributed by atoms with van der Waals surface area (Å²) in [5.74, 6) is 0.377. The molecule has 0 fully saturated rings. The minimum Gasteiger partial charge on any atom is -0.493 e. The molecular formula is C22H28N2O6S. The van der Waals surface area contributed by atoms with Gasteiger partial charge in [-0.2, -0.15) is 4.31 Å². The van der Waals surface area contributed by atoms with Crippen LogP contribution in [0.1, 0.15) is 31.0 Å². The van der Waals surface area contributed by atoms with E-state index in [-0.39, 0.29) is 34.9 Å². The van der Waals surface area contributed by atoms with Gasteiger partial charge in [0.05, 0.1) is 26.2 Å². The molecule has 31 heavy (non-hydrogen) atoms. The molecule has 0 saturated carbocycles. The zero-order valence-corrected chi connectivity index (χ0v) is 19.2. The lowest BCUT2D eigenvalue weighted by atomic mass is 9.94. The van der Waals surface area contributed by atoms with Gasteiger partial charge in [0.25, 0.3) is 0 Å². The number of methoxy groups -OCH3 is 3. The topological polar surface area (TPSA) is 94.2 Å². The number of hydrogen-bond donors (Lipinski definition) is 1. The molecule has 1 amide bonds. The molecule has 9 heteroatoms. The summed E-state index contributed by atoms with van der Waals surface area (Å²) in [5.41, 5.74) is 1.64. The van der Waals surface area contributed by atoms with Gasteiger partial charge in [0.2, 0.25) is 21.7 Å². The monoisotopic (exact) mass is 448 g/mol. The van der Waals surface area contributed by atoms with Crippen LogP contribution in [0, 0.1) is 0 Å². The Morgan fingerprint density at radius 1 is 1.06 bits per heavy atom. The molecule has 1 heterocycles. The van der Waals surface area contributed by atoms with Gasteiger partial charge in [-0.05, 0) is 31.4 Å². The summed E-state index contributed by atoms with van der Waals surface area (Å²) in [6, 6.07) is 9.08. The molecule has 0 radical (unpaired) electrons. The van der Waals surface area contributed by atoms with Crippen molar-refractivity contribution in [3.8, 4) is 17.2 Å². The van der Waals surface area contributed by atoms with E-state index in [1.54, 1.807) is 6.07 Å². The molecule has 0 saturated heterocycles. The van der Waals surface area contributed by atoms with Crippen molar-refractivity contribution in [2.45, 2.75) is 37.2 Å². The highest BCUT2D eigenvalue weighted by Gasteiger charge is 2.41. The van der Waals surface area contributed by atoms with Crippen LogP contribution in [-0.2, 0) is 21.2 Å². The van der Waals surface area contributed by atoms with E-state index in [9.17, 15) is 13.2 Å². The molecule has 1 aliphatic rings. The van der Waals surface area contributed by atoms with E-state index in [4.69, 9.17) is 14.2 Å². The molecule has 3 rings (SSSR count). The third-order valence-corrected chi connectivity index (χ3v) is 7.01. The molecule has 0 aromatic heterocycles. The molecule has 8 nitrogen and oxygen atoms in total. The van der Waals surface area contributed by atoms with Gasteiger partial charge in [-0.25, -0.2) is 8.42 Å². The lowest BCUT2D eigenvalue weighted by Crippen LogP contribution is -2.48. The molecule has 0 spiro atoms. The van der Waals surface area contributed by atoms with Crippen molar-refractivity contribution in [1.82, 2.24) is 9.62 Å². The van der Waals surface area contributed by atoms with E-state index in [1.165, 1.54) is 37.8 Å². The van der Waals surface area contributed by atoms with Gasteiger partial charge in [0.1, 0.15) is 6.04 Å². The van der Waals surface area contributed by atoms with Gasteiger partial charge < -0.3 is 19.5 Å². The first-order chi connectivity index (χ1) is 14.7. The van der Waals surface area contributed by atoms with Crippen LogP contribution in [0.2, 0.25) is 0 Å². The van der Waals surface area contributed by atoms with Crippen molar-refractivity contribution < 1.29 is 27.4 Å². The number of ether oxygens (including phenoxy) is 3. The van der Waals surface area contributed by atoms with Crippen LogP contribution in [0.25, 0.3) is 0 Å². The van der Waals surface area contributed by atoms with Crippen LogP contribution < -0.4 is 19.5 Å². The number of carbonyl (C=O) groups excluding carboxylic acids is 1. The number of amides is 1. The minimum absolute atomic E-state index is 0.0382. The van der Waals surface area contributed by atoms with Gasteiger partial charge in [0.15, 0.2) is 11.5 Å². The van der Waals surface area contributed by atoms with Crippen molar-refractivity contribution in [3.05, 3.63) is 47.5 Å². The zero-order chi connectivity index (χ0) is 22.8. The van der Waals surface area contributed by atoms with Crippen LogP contribution >= 0.6 is 0 Å². The number of benzene rings is 2. The molecule has 0 aliphatic carbocycles. The average Bonchev–Trinajstić information content (AvgIpc) is 2.76. The van der Waals surface area contributed by atoms with E-state index < -0.39 is 16.1 Å². The lowest BCUT2D eigenvalue weighted by molar-refractivity contribution is -0.125. The standard InChI is InChI=1S/C22H28N2O6S/c1-14(2)23-22(25)20-17-9-7-6-8-15(17)10-11-24(20)31(26,27)16-12-18(28-3)21(30-5)19(13-16)29-4/h6-9,12-14,20H,10-11H2,1-5H3,(H,23,25). The number of hydrogen-bond acceptors (Lipinski definition) is 6. The minimum atomic E-state index is -4.07. The van der Waals surface area contributed by atoms with Crippen molar-refractivity contribution in [2.24, 2.45) is 0 Å². The fraction of sp³-hybridized carbons (Fsp3) is 0.409. The lowest BCUT2D eigenvalue weighted by Gasteiger charge is -2.35. The Morgan fingerprint density at radius 3 is 2.23 bits per heavy atom. The van der Waals surface area contributed by atoms with Crippen LogP contribution in [0.5, 0.6) is 17.2 Å². The summed E-state index contributed by atoms with van der Waals surface area (Å²) < 4.78 is 44.6. The van der Waals surface area contributed by atoms with Crippen molar-refractivity contribution in [3.63, 3.8) is 0 Å². The molecule has 2 aromatic carbocycles. The Kier molecular flexibility index (Phi) is 6.76. The van der Waals surface area contributed by atoms with Crippen LogP contribution in [-0.4, -0.2) is 52.5 Å².